The molecule has 1 saturated heterocycles. The zero-order chi connectivity index (χ0) is 14.3. The summed E-state index contributed by atoms with van der Waals surface area (Å²) in [5, 5.41) is 0. The van der Waals surface area contributed by atoms with Gasteiger partial charge in [-0.2, -0.15) is 0 Å². The molecule has 0 aromatic heterocycles. The summed E-state index contributed by atoms with van der Waals surface area (Å²) in [4.78, 5) is 0. The van der Waals surface area contributed by atoms with Crippen molar-refractivity contribution in [1.82, 2.24) is 0 Å². The number of methoxy groups -OCH3 is 1. The summed E-state index contributed by atoms with van der Waals surface area (Å²) in [6, 6.07) is 5.87. The molecule has 19 heavy (non-hydrogen) atoms. The predicted molar refractivity (Wildman–Crippen MR) is 76.6 cm³/mol. The van der Waals surface area contributed by atoms with Gasteiger partial charge in [0.1, 0.15) is 5.75 Å². The highest BCUT2D eigenvalue weighted by molar-refractivity contribution is 6.63. The van der Waals surface area contributed by atoms with Crippen LogP contribution in [0.25, 0.3) is 0 Å². The minimum absolute atomic E-state index is 0.352. The third-order valence-corrected chi connectivity index (χ3v) is 4.04. The Bertz CT molecular complexity index is 458. The van der Waals surface area contributed by atoms with Crippen LogP contribution in [0.1, 0.15) is 33.3 Å². The lowest BCUT2D eigenvalue weighted by Crippen LogP contribution is -2.41. The summed E-state index contributed by atoms with van der Waals surface area (Å²) < 4.78 is 17.5. The van der Waals surface area contributed by atoms with Gasteiger partial charge in [0.2, 0.25) is 0 Å². The van der Waals surface area contributed by atoms with E-state index >= 15 is 0 Å². The van der Waals surface area contributed by atoms with Gasteiger partial charge in [0.15, 0.2) is 0 Å². The Morgan fingerprint density at radius 2 is 1.74 bits per heavy atom. The standard InChI is InChI=1S/C14H22BNO3/c1-13(2)14(3,4)19-15(18-13)11-7-6-10(9-16)8-12(11)17-5/h6-8H,9,16H2,1-5H3. The van der Waals surface area contributed by atoms with Gasteiger partial charge in [-0.15, -0.1) is 0 Å². The van der Waals surface area contributed by atoms with Crippen molar-refractivity contribution in [3.63, 3.8) is 0 Å². The monoisotopic (exact) mass is 263 g/mol. The molecule has 0 unspecified atom stereocenters. The van der Waals surface area contributed by atoms with Crippen molar-refractivity contribution in [2.24, 2.45) is 5.73 Å². The van der Waals surface area contributed by atoms with E-state index in [4.69, 9.17) is 19.8 Å². The molecular formula is C14H22BNO3. The summed E-state index contributed by atoms with van der Waals surface area (Å²) in [5.74, 6) is 0.751. The van der Waals surface area contributed by atoms with Gasteiger partial charge >= 0.3 is 7.12 Å². The Kier molecular flexibility index (Phi) is 3.64. The highest BCUT2D eigenvalue weighted by Gasteiger charge is 2.52. The molecule has 0 spiro atoms. The van der Waals surface area contributed by atoms with Gasteiger partial charge in [-0.1, -0.05) is 12.1 Å². The second-order valence-corrected chi connectivity index (χ2v) is 5.87. The van der Waals surface area contributed by atoms with Crippen LogP contribution in [0.2, 0.25) is 0 Å². The first kappa shape index (κ1) is 14.4. The molecule has 2 rings (SSSR count). The van der Waals surface area contributed by atoms with Gasteiger partial charge in [-0.25, -0.2) is 0 Å². The molecule has 2 N–H and O–H groups in total. The van der Waals surface area contributed by atoms with E-state index in [0.29, 0.717) is 6.54 Å². The molecule has 1 aromatic carbocycles. The van der Waals surface area contributed by atoms with E-state index in [9.17, 15) is 0 Å². The average molecular weight is 263 g/mol. The lowest BCUT2D eigenvalue weighted by molar-refractivity contribution is 0.00578. The highest BCUT2D eigenvalue weighted by Crippen LogP contribution is 2.37. The van der Waals surface area contributed by atoms with Gasteiger partial charge in [0.05, 0.1) is 18.3 Å². The smallest absolute Gasteiger partial charge is 0.497 e. The maximum absolute atomic E-state index is 6.03. The molecule has 0 radical (unpaired) electrons. The zero-order valence-electron chi connectivity index (χ0n) is 12.3. The lowest BCUT2D eigenvalue weighted by atomic mass is 9.78. The first-order chi connectivity index (χ1) is 8.80. The van der Waals surface area contributed by atoms with Crippen LogP contribution in [-0.2, 0) is 15.9 Å². The van der Waals surface area contributed by atoms with Crippen LogP contribution >= 0.6 is 0 Å². The first-order valence-electron chi connectivity index (χ1n) is 6.53. The SMILES string of the molecule is COc1cc(CN)ccc1B1OC(C)(C)C(C)(C)O1. The van der Waals surface area contributed by atoms with Gasteiger partial charge < -0.3 is 19.8 Å². The van der Waals surface area contributed by atoms with E-state index in [0.717, 1.165) is 16.8 Å². The highest BCUT2D eigenvalue weighted by atomic mass is 16.7. The van der Waals surface area contributed by atoms with E-state index in [1.165, 1.54) is 0 Å². The van der Waals surface area contributed by atoms with Gasteiger partial charge in [-0.05, 0) is 39.3 Å². The summed E-state index contributed by atoms with van der Waals surface area (Å²) in [5.41, 5.74) is 6.87. The Morgan fingerprint density at radius 3 is 2.21 bits per heavy atom. The topological polar surface area (TPSA) is 53.7 Å². The van der Waals surface area contributed by atoms with Crippen molar-refractivity contribution in [2.75, 3.05) is 7.11 Å². The van der Waals surface area contributed by atoms with E-state index in [2.05, 4.69) is 0 Å². The van der Waals surface area contributed by atoms with E-state index in [1.807, 2.05) is 45.9 Å². The zero-order valence-corrected chi connectivity index (χ0v) is 12.3. The first-order valence-corrected chi connectivity index (χ1v) is 6.53. The number of ether oxygens (including phenoxy) is 1. The number of hydrogen-bond acceptors (Lipinski definition) is 4. The van der Waals surface area contributed by atoms with Crippen molar-refractivity contribution in [3.8, 4) is 5.75 Å². The summed E-state index contributed by atoms with van der Waals surface area (Å²) in [7, 11) is 1.23. The second kappa shape index (κ2) is 4.82. The van der Waals surface area contributed by atoms with Gasteiger partial charge in [-0.3, -0.25) is 0 Å². The van der Waals surface area contributed by atoms with Crippen LogP contribution in [0, 0.1) is 0 Å². The fraction of sp³-hybridized carbons (Fsp3) is 0.571. The molecule has 1 aliphatic rings. The normalized spacial score (nSPS) is 20.6. The molecule has 5 heteroatoms. The molecule has 0 amide bonds. The van der Waals surface area contributed by atoms with Crippen LogP contribution in [0.3, 0.4) is 0 Å². The molecule has 1 fully saturated rings. The summed E-state index contributed by atoms with van der Waals surface area (Å²) >= 11 is 0. The maximum Gasteiger partial charge on any atom is 0.498 e. The number of hydrogen-bond donors (Lipinski definition) is 1. The summed E-state index contributed by atoms with van der Waals surface area (Å²) in [6.07, 6.45) is 0. The van der Waals surface area contributed by atoms with Crippen LogP contribution in [0.15, 0.2) is 18.2 Å². The molecule has 1 heterocycles. The number of rotatable bonds is 3. The predicted octanol–water partition coefficient (Wildman–Crippen LogP) is 1.45. The van der Waals surface area contributed by atoms with Crippen molar-refractivity contribution in [3.05, 3.63) is 23.8 Å². The summed E-state index contributed by atoms with van der Waals surface area (Å²) in [6.45, 7) is 8.63. The molecule has 0 atom stereocenters. The number of nitrogens with two attached hydrogens (primary N) is 1. The fourth-order valence-electron chi connectivity index (χ4n) is 2.05. The van der Waals surface area contributed by atoms with Crippen LogP contribution in [-0.4, -0.2) is 25.4 Å². The molecule has 1 aliphatic heterocycles. The molecule has 1 aromatic rings. The second-order valence-electron chi connectivity index (χ2n) is 5.87. The average Bonchev–Trinajstić information content (AvgIpc) is 2.57. The Balaban J connectivity index is 2.34. The van der Waals surface area contributed by atoms with E-state index < -0.39 is 7.12 Å². The quantitative estimate of drug-likeness (QED) is 0.839. The minimum atomic E-state index is -0.410. The van der Waals surface area contributed by atoms with E-state index in [1.54, 1.807) is 7.11 Å². The minimum Gasteiger partial charge on any atom is -0.497 e. The number of benzene rings is 1. The van der Waals surface area contributed by atoms with E-state index in [-0.39, 0.29) is 11.2 Å². The van der Waals surface area contributed by atoms with Crippen LogP contribution in [0.4, 0.5) is 0 Å². The van der Waals surface area contributed by atoms with Gasteiger partial charge in [0, 0.05) is 12.0 Å². The Hall–Kier alpha value is -1.04. The molecule has 0 saturated carbocycles. The Morgan fingerprint density at radius 1 is 1.16 bits per heavy atom. The molecule has 4 nitrogen and oxygen atoms in total. The lowest BCUT2D eigenvalue weighted by Gasteiger charge is -2.32. The van der Waals surface area contributed by atoms with Crippen molar-refractivity contribution in [2.45, 2.75) is 45.4 Å². The van der Waals surface area contributed by atoms with Crippen LogP contribution < -0.4 is 15.9 Å². The molecule has 0 aliphatic carbocycles. The van der Waals surface area contributed by atoms with Crippen LogP contribution in [0.5, 0.6) is 5.75 Å². The van der Waals surface area contributed by atoms with Crippen molar-refractivity contribution < 1.29 is 14.0 Å². The van der Waals surface area contributed by atoms with Crippen molar-refractivity contribution in [1.29, 1.82) is 0 Å². The third-order valence-electron chi connectivity index (χ3n) is 4.04. The molecular weight excluding hydrogens is 241 g/mol. The third kappa shape index (κ3) is 2.50. The molecule has 0 bridgehead atoms. The maximum atomic E-state index is 6.03. The largest absolute Gasteiger partial charge is 0.498 e. The fourth-order valence-corrected chi connectivity index (χ4v) is 2.05. The van der Waals surface area contributed by atoms with Gasteiger partial charge in [0.25, 0.3) is 0 Å². The molecule has 104 valence electrons. The van der Waals surface area contributed by atoms with Crippen molar-refractivity contribution >= 4 is 12.6 Å². The Labute approximate surface area is 115 Å².